The van der Waals surface area contributed by atoms with Crippen molar-refractivity contribution < 1.29 is 14.3 Å². The second-order valence-electron chi connectivity index (χ2n) is 4.13. The summed E-state index contributed by atoms with van der Waals surface area (Å²) in [5, 5.41) is 0. The number of hydrogen-bond acceptors (Lipinski definition) is 4. The normalized spacial score (nSPS) is 11.1. The molecule has 0 aliphatic rings. The molecule has 4 nitrogen and oxygen atoms in total. The maximum atomic E-state index is 10.7. The van der Waals surface area contributed by atoms with Crippen LogP contribution in [-0.4, -0.2) is 25.2 Å². The second-order valence-corrected chi connectivity index (χ2v) is 4.13. The molecule has 0 saturated carbocycles. The average molecular weight is 261 g/mol. The average Bonchev–Trinajstić information content (AvgIpc) is 2.39. The van der Waals surface area contributed by atoms with Gasteiger partial charge in [0.05, 0.1) is 0 Å². The molecular formula is C15H19NO3. The molecule has 1 aromatic rings. The van der Waals surface area contributed by atoms with Crippen LogP contribution in [0.4, 0.5) is 0 Å². The van der Waals surface area contributed by atoms with Gasteiger partial charge in [0.15, 0.2) is 0 Å². The molecule has 19 heavy (non-hydrogen) atoms. The lowest BCUT2D eigenvalue weighted by molar-refractivity contribution is -0.141. The van der Waals surface area contributed by atoms with E-state index < -0.39 is 0 Å². The van der Waals surface area contributed by atoms with Gasteiger partial charge >= 0.3 is 5.97 Å². The van der Waals surface area contributed by atoms with E-state index in [0.717, 1.165) is 11.3 Å². The molecule has 0 aliphatic heterocycles. The fourth-order valence-electron chi connectivity index (χ4n) is 1.50. The summed E-state index contributed by atoms with van der Waals surface area (Å²) in [6, 6.07) is 7.46. The molecule has 102 valence electrons. The zero-order valence-electron chi connectivity index (χ0n) is 11.3. The fraction of sp³-hybridized carbons (Fsp3) is 0.400. The van der Waals surface area contributed by atoms with Crippen LogP contribution in [0.2, 0.25) is 0 Å². The maximum Gasteiger partial charge on any atom is 0.302 e. The standard InChI is InChI=1S/C15H19NO3/c1-3-4-9-18-15-7-5-13(6-8-15)10-14(16)11-19-12(2)17/h5-8,14H,9-11,16H2,1-2H3. The van der Waals surface area contributed by atoms with Crippen LogP contribution in [0.15, 0.2) is 24.3 Å². The van der Waals surface area contributed by atoms with E-state index in [4.69, 9.17) is 15.2 Å². The Morgan fingerprint density at radius 1 is 1.37 bits per heavy atom. The van der Waals surface area contributed by atoms with E-state index in [2.05, 4.69) is 11.8 Å². The molecule has 0 heterocycles. The van der Waals surface area contributed by atoms with Crippen LogP contribution in [0, 0.1) is 11.8 Å². The van der Waals surface area contributed by atoms with Crippen molar-refractivity contribution >= 4 is 5.97 Å². The lowest BCUT2D eigenvalue weighted by atomic mass is 10.1. The molecule has 1 rings (SSSR count). The summed E-state index contributed by atoms with van der Waals surface area (Å²) in [7, 11) is 0. The largest absolute Gasteiger partial charge is 0.481 e. The highest BCUT2D eigenvalue weighted by molar-refractivity contribution is 5.65. The lowest BCUT2D eigenvalue weighted by Crippen LogP contribution is -2.29. The highest BCUT2D eigenvalue weighted by Crippen LogP contribution is 2.13. The zero-order chi connectivity index (χ0) is 14.1. The SMILES string of the molecule is CC#CCOc1ccc(CC(N)COC(C)=O)cc1. The van der Waals surface area contributed by atoms with E-state index >= 15 is 0 Å². The van der Waals surface area contributed by atoms with Gasteiger partial charge in [-0.3, -0.25) is 4.79 Å². The van der Waals surface area contributed by atoms with Gasteiger partial charge in [0.25, 0.3) is 0 Å². The number of benzene rings is 1. The van der Waals surface area contributed by atoms with Crippen molar-refractivity contribution in [3.05, 3.63) is 29.8 Å². The summed E-state index contributed by atoms with van der Waals surface area (Å²) >= 11 is 0. The van der Waals surface area contributed by atoms with Crippen molar-refractivity contribution in [1.29, 1.82) is 0 Å². The lowest BCUT2D eigenvalue weighted by Gasteiger charge is -2.11. The molecule has 0 amide bonds. The molecule has 1 atom stereocenters. The van der Waals surface area contributed by atoms with E-state index in [-0.39, 0.29) is 18.6 Å². The summed E-state index contributed by atoms with van der Waals surface area (Å²) in [4.78, 5) is 10.7. The monoisotopic (exact) mass is 261 g/mol. The summed E-state index contributed by atoms with van der Waals surface area (Å²) in [5.74, 6) is 6.06. The highest BCUT2D eigenvalue weighted by atomic mass is 16.5. The maximum absolute atomic E-state index is 10.7. The van der Waals surface area contributed by atoms with Crippen molar-refractivity contribution in [3.63, 3.8) is 0 Å². The zero-order valence-corrected chi connectivity index (χ0v) is 11.3. The minimum atomic E-state index is -0.309. The fourth-order valence-corrected chi connectivity index (χ4v) is 1.50. The van der Waals surface area contributed by atoms with Crippen molar-refractivity contribution in [2.45, 2.75) is 26.3 Å². The Morgan fingerprint density at radius 2 is 2.05 bits per heavy atom. The van der Waals surface area contributed by atoms with Gasteiger partial charge in [-0.05, 0) is 31.0 Å². The number of nitrogens with two attached hydrogens (primary N) is 1. The Balaban J connectivity index is 2.42. The Morgan fingerprint density at radius 3 is 2.63 bits per heavy atom. The van der Waals surface area contributed by atoms with Crippen LogP contribution in [0.25, 0.3) is 0 Å². The summed E-state index contributed by atoms with van der Waals surface area (Å²) in [6.07, 6.45) is 0.655. The van der Waals surface area contributed by atoms with Gasteiger partial charge < -0.3 is 15.2 Å². The first-order chi connectivity index (χ1) is 9.11. The number of carbonyl (C=O) groups excluding carboxylic acids is 1. The van der Waals surface area contributed by atoms with E-state index in [9.17, 15) is 4.79 Å². The first-order valence-corrected chi connectivity index (χ1v) is 6.12. The topological polar surface area (TPSA) is 61.6 Å². The summed E-state index contributed by atoms with van der Waals surface area (Å²) in [5.41, 5.74) is 6.94. The van der Waals surface area contributed by atoms with E-state index in [1.165, 1.54) is 6.92 Å². The molecule has 0 fully saturated rings. The van der Waals surface area contributed by atoms with Crippen LogP contribution in [0.5, 0.6) is 5.75 Å². The van der Waals surface area contributed by atoms with Gasteiger partial charge in [-0.15, -0.1) is 5.92 Å². The van der Waals surface area contributed by atoms with Crippen LogP contribution < -0.4 is 10.5 Å². The smallest absolute Gasteiger partial charge is 0.302 e. The number of carbonyl (C=O) groups is 1. The van der Waals surface area contributed by atoms with Gasteiger partial charge in [0, 0.05) is 13.0 Å². The Hall–Kier alpha value is -1.99. The third-order valence-electron chi connectivity index (χ3n) is 2.41. The molecule has 0 spiro atoms. The molecule has 0 saturated heterocycles. The minimum absolute atomic E-state index is 0.193. The molecule has 1 aromatic carbocycles. The first kappa shape index (κ1) is 15.1. The minimum Gasteiger partial charge on any atom is -0.481 e. The van der Waals surface area contributed by atoms with Crippen LogP contribution in [-0.2, 0) is 16.0 Å². The van der Waals surface area contributed by atoms with Crippen molar-refractivity contribution in [2.75, 3.05) is 13.2 Å². The molecule has 2 N–H and O–H groups in total. The van der Waals surface area contributed by atoms with Crippen LogP contribution >= 0.6 is 0 Å². The predicted molar refractivity (Wildman–Crippen MR) is 73.7 cm³/mol. The van der Waals surface area contributed by atoms with Crippen molar-refractivity contribution in [3.8, 4) is 17.6 Å². The second kappa shape index (κ2) is 8.17. The van der Waals surface area contributed by atoms with Crippen molar-refractivity contribution in [2.24, 2.45) is 5.73 Å². The highest BCUT2D eigenvalue weighted by Gasteiger charge is 2.06. The molecule has 1 unspecified atom stereocenters. The van der Waals surface area contributed by atoms with Gasteiger partial charge in [-0.1, -0.05) is 18.1 Å². The Bertz CT molecular complexity index is 457. The molecule has 0 aromatic heterocycles. The third kappa shape index (κ3) is 6.49. The van der Waals surface area contributed by atoms with Crippen LogP contribution in [0.1, 0.15) is 19.4 Å². The number of ether oxygens (including phenoxy) is 2. The van der Waals surface area contributed by atoms with Gasteiger partial charge in [0.2, 0.25) is 0 Å². The summed E-state index contributed by atoms with van der Waals surface area (Å²) in [6.45, 7) is 3.77. The number of rotatable bonds is 6. The number of esters is 1. The Kier molecular flexibility index (Phi) is 6.48. The molecule has 0 aliphatic carbocycles. The van der Waals surface area contributed by atoms with E-state index in [1.807, 2.05) is 24.3 Å². The molecule has 0 radical (unpaired) electrons. The van der Waals surface area contributed by atoms with Gasteiger partial charge in [0.1, 0.15) is 19.0 Å². The summed E-state index contributed by atoms with van der Waals surface area (Å²) < 4.78 is 10.3. The molecule has 0 bridgehead atoms. The van der Waals surface area contributed by atoms with Crippen molar-refractivity contribution in [1.82, 2.24) is 0 Å². The molecule has 4 heteroatoms. The Labute approximate surface area is 113 Å². The molecular weight excluding hydrogens is 242 g/mol. The van der Waals surface area contributed by atoms with E-state index in [1.54, 1.807) is 6.92 Å². The first-order valence-electron chi connectivity index (χ1n) is 6.12. The van der Waals surface area contributed by atoms with Gasteiger partial charge in [-0.25, -0.2) is 0 Å². The number of hydrogen-bond donors (Lipinski definition) is 1. The van der Waals surface area contributed by atoms with Gasteiger partial charge in [-0.2, -0.15) is 0 Å². The predicted octanol–water partition coefficient (Wildman–Crippen LogP) is 1.52. The van der Waals surface area contributed by atoms with E-state index in [0.29, 0.717) is 13.0 Å². The van der Waals surface area contributed by atoms with Crippen LogP contribution in [0.3, 0.4) is 0 Å². The quantitative estimate of drug-likeness (QED) is 0.623. The third-order valence-corrected chi connectivity index (χ3v) is 2.41.